The van der Waals surface area contributed by atoms with Gasteiger partial charge in [-0.1, -0.05) is 26.7 Å². The summed E-state index contributed by atoms with van der Waals surface area (Å²) in [6, 6.07) is 1.38. The standard InChI is InChI=1S/C6H7N3O.C4H10.C2H2/c7-2-4-1-5(10)3-9-6(4)8;1-3-4-2;1-2/h1-3,7,10H,(H2,8,9);3-4H2,1-2H3;1-2H. The van der Waals surface area contributed by atoms with E-state index in [1.165, 1.54) is 25.1 Å². The number of nitrogens with zero attached hydrogens (tertiary/aromatic N) is 1. The van der Waals surface area contributed by atoms with Crippen LogP contribution in [0.25, 0.3) is 0 Å². The van der Waals surface area contributed by atoms with Crippen LogP contribution in [0.5, 0.6) is 5.75 Å². The molecule has 0 fully saturated rings. The summed E-state index contributed by atoms with van der Waals surface area (Å²) in [5.74, 6) is 0.278. The fourth-order valence-corrected chi connectivity index (χ4v) is 0.596. The molecule has 4 nitrogen and oxygen atoms in total. The molecule has 0 aliphatic carbocycles. The Bertz CT molecular complexity index is 319. The monoisotopic (exact) mass is 221 g/mol. The van der Waals surface area contributed by atoms with Crippen molar-refractivity contribution in [2.24, 2.45) is 0 Å². The van der Waals surface area contributed by atoms with Gasteiger partial charge in [-0.05, 0) is 6.07 Å². The van der Waals surface area contributed by atoms with Crippen LogP contribution in [0.2, 0.25) is 0 Å². The minimum absolute atomic E-state index is 0.0210. The number of aromatic nitrogens is 1. The lowest BCUT2D eigenvalue weighted by Gasteiger charge is -1.96. The second-order valence-electron chi connectivity index (χ2n) is 2.81. The maximum atomic E-state index is 8.85. The van der Waals surface area contributed by atoms with E-state index in [9.17, 15) is 0 Å². The quantitative estimate of drug-likeness (QED) is 0.529. The van der Waals surface area contributed by atoms with Gasteiger partial charge in [-0.25, -0.2) is 4.98 Å². The summed E-state index contributed by atoms with van der Waals surface area (Å²) in [5.41, 5.74) is 5.76. The normalized spacial score (nSPS) is 7.75. The molecule has 0 radical (unpaired) electrons. The molecule has 88 valence electrons. The Hall–Kier alpha value is -2.02. The second kappa shape index (κ2) is 11.1. The number of hydrogen-bond donors (Lipinski definition) is 3. The Morgan fingerprint density at radius 2 is 1.94 bits per heavy atom. The zero-order chi connectivity index (χ0) is 13.0. The smallest absolute Gasteiger partial charge is 0.134 e. The number of anilines is 1. The molecule has 1 rings (SSSR count). The number of unbranched alkanes of at least 4 members (excludes halogenated alkanes) is 1. The third-order valence-electron chi connectivity index (χ3n) is 1.59. The van der Waals surface area contributed by atoms with Gasteiger partial charge in [0.25, 0.3) is 0 Å². The number of nitrogen functional groups attached to an aromatic ring is 1. The Morgan fingerprint density at radius 1 is 1.44 bits per heavy atom. The number of terminal acetylenes is 1. The average molecular weight is 221 g/mol. The molecule has 1 aromatic rings. The summed E-state index contributed by atoms with van der Waals surface area (Å²) in [5, 5.41) is 15.7. The predicted octanol–water partition coefficient (Wildman–Crippen LogP) is 2.42. The van der Waals surface area contributed by atoms with E-state index in [0.717, 1.165) is 6.21 Å². The Kier molecular flexibility index (Phi) is 11.3. The van der Waals surface area contributed by atoms with Crippen molar-refractivity contribution in [3.8, 4) is 18.6 Å². The van der Waals surface area contributed by atoms with E-state index in [4.69, 9.17) is 16.2 Å². The van der Waals surface area contributed by atoms with Crippen LogP contribution in [0.3, 0.4) is 0 Å². The van der Waals surface area contributed by atoms with E-state index in [1.54, 1.807) is 0 Å². The van der Waals surface area contributed by atoms with Crippen molar-refractivity contribution in [2.75, 3.05) is 5.73 Å². The van der Waals surface area contributed by atoms with E-state index < -0.39 is 0 Å². The number of aromatic hydroxyl groups is 1. The number of rotatable bonds is 2. The Morgan fingerprint density at radius 3 is 2.25 bits per heavy atom. The highest BCUT2D eigenvalue weighted by atomic mass is 16.3. The number of hydrogen-bond acceptors (Lipinski definition) is 4. The van der Waals surface area contributed by atoms with Gasteiger partial charge in [-0.15, -0.1) is 12.8 Å². The first-order chi connectivity index (χ1) is 7.65. The topological polar surface area (TPSA) is 83.0 Å². The van der Waals surface area contributed by atoms with Gasteiger partial charge in [-0.2, -0.15) is 0 Å². The van der Waals surface area contributed by atoms with Gasteiger partial charge in [-0.3, -0.25) is 0 Å². The van der Waals surface area contributed by atoms with Crippen LogP contribution in [-0.4, -0.2) is 16.3 Å². The molecule has 0 spiro atoms. The van der Waals surface area contributed by atoms with Gasteiger partial charge in [0, 0.05) is 11.8 Å². The SMILES string of the molecule is C#C.CCCC.N=Cc1cc(O)cnc1N. The maximum absolute atomic E-state index is 8.85. The molecule has 0 aliphatic heterocycles. The van der Waals surface area contributed by atoms with E-state index in [2.05, 4.69) is 31.7 Å². The largest absolute Gasteiger partial charge is 0.506 e. The van der Waals surface area contributed by atoms with Crippen LogP contribution in [-0.2, 0) is 0 Å². The Labute approximate surface area is 97.0 Å². The third-order valence-corrected chi connectivity index (χ3v) is 1.59. The van der Waals surface area contributed by atoms with Crippen LogP contribution in [0.15, 0.2) is 12.3 Å². The van der Waals surface area contributed by atoms with Crippen LogP contribution in [0.4, 0.5) is 5.82 Å². The lowest BCUT2D eigenvalue weighted by atomic mass is 10.3. The summed E-state index contributed by atoms with van der Waals surface area (Å²) in [6.45, 7) is 4.36. The minimum Gasteiger partial charge on any atom is -0.506 e. The molecule has 0 aliphatic rings. The van der Waals surface area contributed by atoms with Crippen molar-refractivity contribution < 1.29 is 5.11 Å². The molecule has 0 saturated carbocycles. The van der Waals surface area contributed by atoms with E-state index in [1.807, 2.05) is 0 Å². The van der Waals surface area contributed by atoms with Crippen molar-refractivity contribution in [1.29, 1.82) is 5.41 Å². The van der Waals surface area contributed by atoms with Gasteiger partial charge < -0.3 is 16.2 Å². The maximum Gasteiger partial charge on any atom is 0.134 e. The Balaban J connectivity index is 0. The zero-order valence-electron chi connectivity index (χ0n) is 9.77. The molecule has 1 aromatic heterocycles. The van der Waals surface area contributed by atoms with Crippen molar-refractivity contribution in [3.63, 3.8) is 0 Å². The van der Waals surface area contributed by atoms with Crippen molar-refractivity contribution in [2.45, 2.75) is 26.7 Å². The molecular formula is C12H19N3O. The molecule has 0 unspecified atom stereocenters. The van der Waals surface area contributed by atoms with Crippen LogP contribution in [0, 0.1) is 18.3 Å². The molecule has 4 heteroatoms. The first-order valence-electron chi connectivity index (χ1n) is 4.94. The lowest BCUT2D eigenvalue weighted by molar-refractivity contribution is 0.473. The van der Waals surface area contributed by atoms with E-state index in [0.29, 0.717) is 5.56 Å². The molecule has 0 atom stereocenters. The predicted molar refractivity (Wildman–Crippen MR) is 68.7 cm³/mol. The van der Waals surface area contributed by atoms with Gasteiger partial charge in [0.1, 0.15) is 11.6 Å². The summed E-state index contributed by atoms with van der Waals surface area (Å²) in [7, 11) is 0. The summed E-state index contributed by atoms with van der Waals surface area (Å²) >= 11 is 0. The summed E-state index contributed by atoms with van der Waals surface area (Å²) in [6.07, 6.45) is 12.9. The van der Waals surface area contributed by atoms with Crippen LogP contribution >= 0.6 is 0 Å². The number of nitrogens with two attached hydrogens (primary N) is 1. The molecular weight excluding hydrogens is 202 g/mol. The molecule has 16 heavy (non-hydrogen) atoms. The second-order valence-corrected chi connectivity index (χ2v) is 2.81. The minimum atomic E-state index is 0.0210. The third kappa shape index (κ3) is 7.39. The summed E-state index contributed by atoms with van der Waals surface area (Å²) < 4.78 is 0. The first-order valence-corrected chi connectivity index (χ1v) is 4.94. The van der Waals surface area contributed by atoms with E-state index in [-0.39, 0.29) is 11.6 Å². The van der Waals surface area contributed by atoms with Crippen LogP contribution in [0.1, 0.15) is 32.3 Å². The molecule has 0 saturated heterocycles. The fraction of sp³-hybridized carbons (Fsp3) is 0.333. The average Bonchev–Trinajstić information content (AvgIpc) is 2.35. The molecule has 0 bridgehead atoms. The lowest BCUT2D eigenvalue weighted by Crippen LogP contribution is -1.94. The molecule has 4 N–H and O–H groups in total. The van der Waals surface area contributed by atoms with Gasteiger partial charge >= 0.3 is 0 Å². The highest BCUT2D eigenvalue weighted by Crippen LogP contribution is 2.12. The van der Waals surface area contributed by atoms with E-state index >= 15 is 0 Å². The van der Waals surface area contributed by atoms with Crippen LogP contribution < -0.4 is 5.73 Å². The van der Waals surface area contributed by atoms with Crippen molar-refractivity contribution in [3.05, 3.63) is 17.8 Å². The molecule has 0 aromatic carbocycles. The molecule has 1 heterocycles. The number of nitrogens with one attached hydrogen (secondary N) is 1. The fourth-order valence-electron chi connectivity index (χ4n) is 0.596. The first kappa shape index (κ1) is 16.4. The number of pyridine rings is 1. The molecule has 0 amide bonds. The highest BCUT2D eigenvalue weighted by Gasteiger charge is 1.96. The highest BCUT2D eigenvalue weighted by molar-refractivity contribution is 5.83. The van der Waals surface area contributed by atoms with Gasteiger partial charge in [0.15, 0.2) is 0 Å². The zero-order valence-corrected chi connectivity index (χ0v) is 9.77. The van der Waals surface area contributed by atoms with Gasteiger partial charge in [0.05, 0.1) is 6.20 Å². The van der Waals surface area contributed by atoms with Gasteiger partial charge in [0.2, 0.25) is 0 Å². The van der Waals surface area contributed by atoms with Crippen molar-refractivity contribution in [1.82, 2.24) is 4.98 Å². The van der Waals surface area contributed by atoms with Crippen molar-refractivity contribution >= 4 is 12.0 Å². The summed E-state index contributed by atoms with van der Waals surface area (Å²) in [4.78, 5) is 3.63.